The minimum Gasteiger partial charge on any atom is -0.481 e. The van der Waals surface area contributed by atoms with Gasteiger partial charge in [-0.05, 0) is 30.7 Å². The average Bonchev–Trinajstić information content (AvgIpc) is 2.98. The number of aromatic nitrogens is 1. The Morgan fingerprint density at radius 2 is 1.90 bits per heavy atom. The van der Waals surface area contributed by atoms with Crippen molar-refractivity contribution in [1.82, 2.24) is 9.88 Å². The van der Waals surface area contributed by atoms with Gasteiger partial charge in [-0.1, -0.05) is 6.42 Å². The zero-order valence-corrected chi connectivity index (χ0v) is 12.2. The molecule has 1 saturated carbocycles. The van der Waals surface area contributed by atoms with Gasteiger partial charge in [0.05, 0.1) is 7.11 Å². The second-order valence-electron chi connectivity index (χ2n) is 6.52. The number of ether oxygens (including phenoxy) is 1. The molecule has 2 saturated heterocycles. The topological polar surface area (TPSA) is 28.6 Å². The van der Waals surface area contributed by atoms with E-state index in [1.54, 1.807) is 7.11 Å². The molecule has 0 aromatic carbocycles. The second-order valence-corrected chi connectivity index (χ2v) is 6.52. The molecule has 4 rings (SSSR count). The normalized spacial score (nSPS) is 30.4. The summed E-state index contributed by atoms with van der Waals surface area (Å²) in [5.74, 6) is 2.72. The predicted molar refractivity (Wildman–Crippen MR) is 79.2 cm³/mol. The molecule has 0 radical (unpaired) electrons. The van der Waals surface area contributed by atoms with E-state index in [2.05, 4.69) is 20.9 Å². The van der Waals surface area contributed by atoms with Crippen molar-refractivity contribution in [3.8, 4) is 5.88 Å². The van der Waals surface area contributed by atoms with E-state index in [1.165, 1.54) is 38.0 Å². The lowest BCUT2D eigenvalue weighted by molar-refractivity contribution is 0.190. The van der Waals surface area contributed by atoms with Crippen LogP contribution in [0.3, 0.4) is 0 Å². The first kappa shape index (κ1) is 12.5. The van der Waals surface area contributed by atoms with Crippen LogP contribution >= 0.6 is 0 Å². The molecule has 0 bridgehead atoms. The molecule has 1 aromatic rings. The molecule has 3 heterocycles. The van der Waals surface area contributed by atoms with Crippen LogP contribution in [0.1, 0.15) is 19.3 Å². The molecule has 20 heavy (non-hydrogen) atoms. The van der Waals surface area contributed by atoms with Crippen molar-refractivity contribution >= 4 is 5.69 Å². The summed E-state index contributed by atoms with van der Waals surface area (Å²) >= 11 is 0. The van der Waals surface area contributed by atoms with Gasteiger partial charge in [-0.15, -0.1) is 0 Å². The fraction of sp³-hybridized carbons (Fsp3) is 0.688. The molecular weight excluding hydrogens is 250 g/mol. The van der Waals surface area contributed by atoms with E-state index in [0.717, 1.165) is 31.0 Å². The van der Waals surface area contributed by atoms with Gasteiger partial charge in [-0.3, -0.25) is 4.90 Å². The predicted octanol–water partition coefficient (Wildman–Crippen LogP) is 2.01. The number of pyridine rings is 1. The third kappa shape index (κ3) is 2.06. The van der Waals surface area contributed by atoms with Gasteiger partial charge in [0, 0.05) is 50.2 Å². The molecule has 1 aliphatic carbocycles. The van der Waals surface area contributed by atoms with Crippen molar-refractivity contribution in [3.05, 3.63) is 18.3 Å². The zero-order valence-electron chi connectivity index (χ0n) is 12.2. The van der Waals surface area contributed by atoms with Crippen LogP contribution in [0.25, 0.3) is 0 Å². The third-order valence-corrected chi connectivity index (χ3v) is 5.43. The lowest BCUT2D eigenvalue weighted by Gasteiger charge is -2.45. The molecule has 2 unspecified atom stereocenters. The molecule has 2 atom stereocenters. The second kappa shape index (κ2) is 4.92. The summed E-state index contributed by atoms with van der Waals surface area (Å²) in [6.45, 7) is 5.02. The Labute approximate surface area is 120 Å². The van der Waals surface area contributed by atoms with Crippen molar-refractivity contribution in [1.29, 1.82) is 0 Å². The van der Waals surface area contributed by atoms with Crippen LogP contribution in [0.5, 0.6) is 5.88 Å². The maximum atomic E-state index is 5.20. The largest absolute Gasteiger partial charge is 0.481 e. The Kier molecular flexibility index (Phi) is 3.06. The molecular formula is C16H23N3O. The highest BCUT2D eigenvalue weighted by atomic mass is 16.5. The minimum atomic E-state index is 0.710. The van der Waals surface area contributed by atoms with Crippen LogP contribution in [-0.2, 0) is 0 Å². The first-order valence-corrected chi connectivity index (χ1v) is 7.82. The van der Waals surface area contributed by atoms with E-state index in [4.69, 9.17) is 4.74 Å². The van der Waals surface area contributed by atoms with Gasteiger partial charge in [0.25, 0.3) is 0 Å². The Bertz CT molecular complexity index is 474. The maximum Gasteiger partial charge on any atom is 0.214 e. The standard InChI is InChI=1S/C16H23N3O/c1-20-16-7-14(5-6-17-16)19-10-15(11-19)18-8-12-3-2-4-13(12)9-18/h5-7,12-13,15H,2-4,8-11H2,1H3. The summed E-state index contributed by atoms with van der Waals surface area (Å²) in [4.78, 5) is 9.35. The molecule has 0 spiro atoms. The molecule has 4 heteroatoms. The Balaban J connectivity index is 1.35. The fourth-order valence-corrected chi connectivity index (χ4v) is 4.17. The lowest BCUT2D eigenvalue weighted by atomic mass is 10.0. The molecule has 3 aliphatic rings. The summed E-state index contributed by atoms with van der Waals surface area (Å²) < 4.78 is 5.20. The number of rotatable bonds is 3. The number of anilines is 1. The molecule has 1 aromatic heterocycles. The average molecular weight is 273 g/mol. The molecule has 108 valence electrons. The van der Waals surface area contributed by atoms with E-state index >= 15 is 0 Å². The van der Waals surface area contributed by atoms with Gasteiger partial charge in [0.2, 0.25) is 5.88 Å². The lowest BCUT2D eigenvalue weighted by Crippen LogP contribution is -2.59. The van der Waals surface area contributed by atoms with Crippen molar-refractivity contribution in [2.75, 3.05) is 38.2 Å². The smallest absolute Gasteiger partial charge is 0.214 e. The van der Waals surface area contributed by atoms with Crippen LogP contribution in [0.4, 0.5) is 5.69 Å². The summed E-state index contributed by atoms with van der Waals surface area (Å²) in [5.41, 5.74) is 1.24. The first-order chi connectivity index (χ1) is 9.83. The molecule has 0 N–H and O–H groups in total. The van der Waals surface area contributed by atoms with E-state index in [0.29, 0.717) is 5.88 Å². The number of methoxy groups -OCH3 is 1. The highest BCUT2D eigenvalue weighted by molar-refractivity contribution is 5.51. The zero-order chi connectivity index (χ0) is 13.5. The van der Waals surface area contributed by atoms with Crippen LogP contribution in [0.15, 0.2) is 18.3 Å². The summed E-state index contributed by atoms with van der Waals surface area (Å²) in [6, 6.07) is 4.88. The van der Waals surface area contributed by atoms with Gasteiger partial charge < -0.3 is 9.64 Å². The monoisotopic (exact) mass is 273 g/mol. The van der Waals surface area contributed by atoms with Gasteiger partial charge in [0.15, 0.2) is 0 Å². The number of nitrogens with zero attached hydrogens (tertiary/aromatic N) is 3. The summed E-state index contributed by atoms with van der Waals surface area (Å²) in [5, 5.41) is 0. The maximum absolute atomic E-state index is 5.20. The van der Waals surface area contributed by atoms with Gasteiger partial charge in [-0.2, -0.15) is 0 Å². The number of fused-ring (bicyclic) bond motifs is 1. The quantitative estimate of drug-likeness (QED) is 0.842. The van der Waals surface area contributed by atoms with Crippen LogP contribution < -0.4 is 9.64 Å². The van der Waals surface area contributed by atoms with Crippen molar-refractivity contribution in [2.24, 2.45) is 11.8 Å². The van der Waals surface area contributed by atoms with Gasteiger partial charge >= 0.3 is 0 Å². The fourth-order valence-electron chi connectivity index (χ4n) is 4.17. The van der Waals surface area contributed by atoms with E-state index < -0.39 is 0 Å². The van der Waals surface area contributed by atoms with Crippen molar-refractivity contribution < 1.29 is 4.74 Å². The number of likely N-dealkylation sites (tertiary alicyclic amines) is 1. The van der Waals surface area contributed by atoms with E-state index in [1.807, 2.05) is 12.3 Å². The summed E-state index contributed by atoms with van der Waals surface area (Å²) in [6.07, 6.45) is 6.25. The molecule has 3 fully saturated rings. The minimum absolute atomic E-state index is 0.710. The first-order valence-electron chi connectivity index (χ1n) is 7.82. The van der Waals surface area contributed by atoms with Gasteiger partial charge in [-0.25, -0.2) is 4.98 Å². The Hall–Kier alpha value is -1.29. The Morgan fingerprint density at radius 1 is 1.15 bits per heavy atom. The van der Waals surface area contributed by atoms with Crippen LogP contribution in [0, 0.1) is 11.8 Å². The van der Waals surface area contributed by atoms with Crippen molar-refractivity contribution in [2.45, 2.75) is 25.3 Å². The highest BCUT2D eigenvalue weighted by Gasteiger charge is 2.42. The number of hydrogen-bond acceptors (Lipinski definition) is 4. The van der Waals surface area contributed by atoms with Crippen LogP contribution in [-0.4, -0.2) is 49.2 Å². The van der Waals surface area contributed by atoms with Crippen molar-refractivity contribution in [3.63, 3.8) is 0 Å². The summed E-state index contributed by atoms with van der Waals surface area (Å²) in [7, 11) is 1.67. The molecule has 4 nitrogen and oxygen atoms in total. The van der Waals surface area contributed by atoms with Gasteiger partial charge in [0.1, 0.15) is 0 Å². The highest BCUT2D eigenvalue weighted by Crippen LogP contribution is 2.39. The van der Waals surface area contributed by atoms with E-state index in [9.17, 15) is 0 Å². The third-order valence-electron chi connectivity index (χ3n) is 5.43. The van der Waals surface area contributed by atoms with E-state index in [-0.39, 0.29) is 0 Å². The molecule has 2 aliphatic heterocycles. The van der Waals surface area contributed by atoms with Crippen LogP contribution in [0.2, 0.25) is 0 Å². The molecule has 0 amide bonds. The number of hydrogen-bond donors (Lipinski definition) is 0. The SMILES string of the molecule is COc1cc(N2CC(N3CC4CCCC4C3)C2)ccn1. The Morgan fingerprint density at radius 3 is 2.60 bits per heavy atom.